The van der Waals surface area contributed by atoms with Gasteiger partial charge >= 0.3 is 0 Å². The molecule has 1 aliphatic heterocycles. The van der Waals surface area contributed by atoms with Crippen LogP contribution in [0.5, 0.6) is 0 Å². The predicted octanol–water partition coefficient (Wildman–Crippen LogP) is 6.07. The van der Waals surface area contributed by atoms with Crippen molar-refractivity contribution in [3.8, 4) is 6.07 Å². The summed E-state index contributed by atoms with van der Waals surface area (Å²) in [6.45, 7) is 3.15. The van der Waals surface area contributed by atoms with Crippen molar-refractivity contribution in [3.05, 3.63) is 70.7 Å². The predicted molar refractivity (Wildman–Crippen MR) is 111 cm³/mol. The maximum atomic E-state index is 9.62. The molecule has 0 fully saturated rings. The van der Waals surface area contributed by atoms with Crippen molar-refractivity contribution in [2.45, 2.75) is 18.2 Å². The topological polar surface area (TPSA) is 39.9 Å². The van der Waals surface area contributed by atoms with Gasteiger partial charge in [0.25, 0.3) is 0 Å². The monoisotopic (exact) mass is 375 g/mol. The molecule has 26 heavy (non-hydrogen) atoms. The fourth-order valence-corrected chi connectivity index (χ4v) is 4.96. The van der Waals surface area contributed by atoms with Gasteiger partial charge in [0.2, 0.25) is 0 Å². The highest BCUT2D eigenvalue weighted by Gasteiger charge is 2.23. The maximum Gasteiger partial charge on any atom is 0.135 e. The van der Waals surface area contributed by atoms with Crippen molar-refractivity contribution >= 4 is 44.6 Å². The Morgan fingerprint density at radius 1 is 1.19 bits per heavy atom. The Morgan fingerprint density at radius 3 is 2.81 bits per heavy atom. The summed E-state index contributed by atoms with van der Waals surface area (Å²) in [6, 6.07) is 18.7. The third-order valence-electron chi connectivity index (χ3n) is 4.12. The van der Waals surface area contributed by atoms with Crippen LogP contribution in [-0.2, 0) is 0 Å². The minimum Gasteiger partial charge on any atom is -0.335 e. The van der Waals surface area contributed by atoms with E-state index in [1.54, 1.807) is 23.1 Å². The Hall–Kier alpha value is -2.55. The van der Waals surface area contributed by atoms with Gasteiger partial charge in [-0.15, -0.1) is 11.3 Å². The molecule has 0 spiro atoms. The lowest BCUT2D eigenvalue weighted by atomic mass is 10.2. The number of nitrogens with zero attached hydrogens (tertiary/aromatic N) is 3. The molecule has 0 bridgehead atoms. The van der Waals surface area contributed by atoms with E-state index in [1.165, 1.54) is 10.6 Å². The minimum atomic E-state index is 0.603. The number of rotatable bonds is 4. The van der Waals surface area contributed by atoms with E-state index in [0.29, 0.717) is 5.57 Å². The molecule has 1 aromatic heterocycles. The van der Waals surface area contributed by atoms with Gasteiger partial charge in [-0.05, 0) is 42.8 Å². The molecule has 2 heterocycles. The normalized spacial score (nSPS) is 15.5. The molecule has 4 rings (SSSR count). The van der Waals surface area contributed by atoms with Gasteiger partial charge in [0, 0.05) is 11.4 Å². The van der Waals surface area contributed by atoms with E-state index in [0.717, 1.165) is 33.2 Å². The average molecular weight is 376 g/mol. The van der Waals surface area contributed by atoms with Gasteiger partial charge in [0.05, 0.1) is 26.5 Å². The van der Waals surface area contributed by atoms with E-state index in [2.05, 4.69) is 47.1 Å². The lowest BCUT2D eigenvalue weighted by Gasteiger charge is -2.19. The molecular weight excluding hydrogens is 358 g/mol. The third kappa shape index (κ3) is 3.14. The standard InChI is InChI=1S/C21H17N3S2/c1-2-13-24-17-8-4-6-10-19(17)25-20(24)12-11-15(14-22)21-23-16-7-3-5-9-18(16)26-21/h3-12H,2,13H2,1H3/b15-11+,20-12+. The lowest BCUT2D eigenvalue weighted by Crippen LogP contribution is -2.18. The van der Waals surface area contributed by atoms with Gasteiger partial charge in [-0.3, -0.25) is 0 Å². The quantitative estimate of drug-likeness (QED) is 0.519. The molecule has 0 amide bonds. The van der Waals surface area contributed by atoms with Crippen LogP contribution in [0.15, 0.2) is 70.6 Å². The summed E-state index contributed by atoms with van der Waals surface area (Å²) in [5, 5.41) is 11.5. The van der Waals surface area contributed by atoms with Crippen LogP contribution in [0.2, 0.25) is 0 Å². The van der Waals surface area contributed by atoms with E-state index in [9.17, 15) is 5.26 Å². The van der Waals surface area contributed by atoms with E-state index in [-0.39, 0.29) is 0 Å². The number of nitriles is 1. The summed E-state index contributed by atoms with van der Waals surface area (Å²) in [4.78, 5) is 8.19. The summed E-state index contributed by atoms with van der Waals surface area (Å²) < 4.78 is 1.10. The zero-order chi connectivity index (χ0) is 17.9. The first-order valence-corrected chi connectivity index (χ1v) is 10.2. The fourth-order valence-electron chi connectivity index (χ4n) is 2.93. The van der Waals surface area contributed by atoms with Gasteiger partial charge in [-0.1, -0.05) is 43.0 Å². The second-order valence-electron chi connectivity index (χ2n) is 5.91. The van der Waals surface area contributed by atoms with Crippen molar-refractivity contribution in [1.82, 2.24) is 4.98 Å². The molecule has 0 unspecified atom stereocenters. The molecule has 0 radical (unpaired) electrons. The molecule has 5 heteroatoms. The molecule has 3 aromatic rings. The van der Waals surface area contributed by atoms with Crippen LogP contribution in [0.25, 0.3) is 15.8 Å². The highest BCUT2D eigenvalue weighted by atomic mass is 32.2. The number of hydrogen-bond acceptors (Lipinski definition) is 5. The maximum absolute atomic E-state index is 9.62. The summed E-state index contributed by atoms with van der Waals surface area (Å²) >= 11 is 3.31. The van der Waals surface area contributed by atoms with Gasteiger partial charge in [-0.25, -0.2) is 4.98 Å². The molecule has 0 saturated carbocycles. The second-order valence-corrected chi connectivity index (χ2v) is 8.00. The Labute approximate surface area is 161 Å². The zero-order valence-corrected chi connectivity index (χ0v) is 16.0. The van der Waals surface area contributed by atoms with E-state index in [1.807, 2.05) is 36.4 Å². The van der Waals surface area contributed by atoms with Crippen LogP contribution in [0, 0.1) is 11.3 Å². The number of allylic oxidation sites excluding steroid dienone is 3. The first-order chi connectivity index (χ1) is 12.8. The van der Waals surface area contributed by atoms with Crippen LogP contribution in [0.1, 0.15) is 18.4 Å². The highest BCUT2D eigenvalue weighted by molar-refractivity contribution is 8.03. The van der Waals surface area contributed by atoms with Crippen LogP contribution in [0.3, 0.4) is 0 Å². The summed E-state index contributed by atoms with van der Waals surface area (Å²) in [7, 11) is 0. The molecule has 0 N–H and O–H groups in total. The van der Waals surface area contributed by atoms with Crippen LogP contribution in [0.4, 0.5) is 5.69 Å². The number of aromatic nitrogens is 1. The van der Waals surface area contributed by atoms with Crippen LogP contribution in [-0.4, -0.2) is 11.5 Å². The van der Waals surface area contributed by atoms with Gasteiger partial charge in [0.15, 0.2) is 0 Å². The molecule has 0 atom stereocenters. The number of fused-ring (bicyclic) bond motifs is 2. The number of benzene rings is 2. The Morgan fingerprint density at radius 2 is 2.00 bits per heavy atom. The van der Waals surface area contributed by atoms with E-state index in [4.69, 9.17) is 0 Å². The minimum absolute atomic E-state index is 0.603. The Kier molecular flexibility index (Phi) is 4.79. The van der Waals surface area contributed by atoms with Crippen molar-refractivity contribution in [1.29, 1.82) is 5.26 Å². The Bertz CT molecular complexity index is 1020. The summed E-state index contributed by atoms with van der Waals surface area (Å²) in [6.07, 6.45) is 5.01. The smallest absolute Gasteiger partial charge is 0.135 e. The molecule has 128 valence electrons. The van der Waals surface area contributed by atoms with Crippen LogP contribution < -0.4 is 4.90 Å². The zero-order valence-electron chi connectivity index (χ0n) is 14.3. The van der Waals surface area contributed by atoms with E-state index < -0.39 is 0 Å². The van der Waals surface area contributed by atoms with Crippen molar-refractivity contribution in [2.24, 2.45) is 0 Å². The molecule has 2 aromatic carbocycles. The van der Waals surface area contributed by atoms with Crippen LogP contribution >= 0.6 is 23.1 Å². The number of thioether (sulfide) groups is 1. The summed E-state index contributed by atoms with van der Waals surface area (Å²) in [5.74, 6) is 0. The third-order valence-corrected chi connectivity index (χ3v) is 6.32. The average Bonchev–Trinajstić information content (AvgIpc) is 3.24. The molecule has 1 aliphatic rings. The SMILES string of the molecule is CCCN1/C(=C\C=C(/C#N)c2nc3ccccc3s2)Sc2ccccc21. The second kappa shape index (κ2) is 7.36. The Balaban J connectivity index is 1.69. The largest absolute Gasteiger partial charge is 0.335 e. The van der Waals surface area contributed by atoms with Gasteiger partial charge in [0.1, 0.15) is 11.1 Å². The fraction of sp³-hybridized carbons (Fsp3) is 0.143. The molecule has 3 nitrogen and oxygen atoms in total. The van der Waals surface area contributed by atoms with Gasteiger partial charge < -0.3 is 4.90 Å². The number of anilines is 1. The van der Waals surface area contributed by atoms with E-state index >= 15 is 0 Å². The number of para-hydroxylation sites is 2. The first kappa shape index (κ1) is 16.9. The van der Waals surface area contributed by atoms with Crippen molar-refractivity contribution in [3.63, 3.8) is 0 Å². The number of thiazole rings is 1. The van der Waals surface area contributed by atoms with Gasteiger partial charge in [-0.2, -0.15) is 5.26 Å². The highest BCUT2D eigenvalue weighted by Crippen LogP contribution is 2.45. The van der Waals surface area contributed by atoms with Crippen molar-refractivity contribution < 1.29 is 0 Å². The first-order valence-electron chi connectivity index (χ1n) is 8.52. The summed E-state index contributed by atoms with van der Waals surface area (Å²) in [5.41, 5.74) is 2.79. The molecular formula is C21H17N3S2. The molecule has 0 saturated heterocycles. The van der Waals surface area contributed by atoms with Crippen molar-refractivity contribution in [2.75, 3.05) is 11.4 Å². The number of hydrogen-bond donors (Lipinski definition) is 0. The lowest BCUT2D eigenvalue weighted by molar-refractivity contribution is 0.873. The molecule has 0 aliphatic carbocycles.